The molecular weight excluding hydrogens is 673 g/mol. The van der Waals surface area contributed by atoms with E-state index in [-0.39, 0.29) is 78.7 Å². The molecule has 0 saturated carbocycles. The van der Waals surface area contributed by atoms with Gasteiger partial charge in [0.25, 0.3) is 6.08 Å². The Hall–Kier alpha value is -3.77. The number of hydrogen-bond acceptors (Lipinski definition) is 9. The van der Waals surface area contributed by atoms with Gasteiger partial charge in [0.15, 0.2) is 5.82 Å². The van der Waals surface area contributed by atoms with Crippen LogP contribution in [-0.4, -0.2) is 71.4 Å². The van der Waals surface area contributed by atoms with E-state index in [2.05, 4.69) is 20.2 Å². The summed E-state index contributed by atoms with van der Waals surface area (Å²) in [7, 11) is 0. The molecule has 252 valence electrons. The number of aromatic nitrogens is 2. The van der Waals surface area contributed by atoms with Gasteiger partial charge in [0.2, 0.25) is 0 Å². The predicted molar refractivity (Wildman–Crippen MR) is 176 cm³/mol. The number of nitrogen functional groups attached to an aromatic ring is 1. The Morgan fingerprint density at radius 3 is 2.83 bits per heavy atom. The van der Waals surface area contributed by atoms with Gasteiger partial charge in [-0.2, -0.15) is 24.0 Å². The normalized spacial score (nSPS) is 24.3. The van der Waals surface area contributed by atoms with Crippen molar-refractivity contribution in [2.24, 2.45) is 0 Å². The molecule has 8 nitrogen and oxygen atoms in total. The number of alkyl halides is 1. The zero-order valence-electron chi connectivity index (χ0n) is 25.8. The second kappa shape index (κ2) is 12.6. The summed E-state index contributed by atoms with van der Waals surface area (Å²) in [4.78, 5) is 13.0. The van der Waals surface area contributed by atoms with E-state index in [9.17, 15) is 22.8 Å². The number of anilines is 2. The number of nitriles is 1. The van der Waals surface area contributed by atoms with Gasteiger partial charge in [-0.15, -0.1) is 11.3 Å². The molecule has 7 rings (SSSR count). The van der Waals surface area contributed by atoms with Crippen LogP contribution < -0.4 is 20.7 Å². The SMILES string of the molecule is CC[C@H]1CN(c2nc(OCC34CCCN3C[C@H](F)C4)nc3c(F)c(-c4ccc(F)c5sc(N)c(C#N)c45)c(Cl)cc23)CC(C=C(F)F)N1. The maximum absolute atomic E-state index is 17.0. The minimum absolute atomic E-state index is 0.00110. The van der Waals surface area contributed by atoms with Crippen LogP contribution in [-0.2, 0) is 0 Å². The Balaban J connectivity index is 1.40. The summed E-state index contributed by atoms with van der Waals surface area (Å²) in [5.74, 6) is -1.26. The Labute approximate surface area is 281 Å². The molecule has 3 N–H and O–H groups in total. The van der Waals surface area contributed by atoms with Crippen molar-refractivity contribution in [2.45, 2.75) is 56.4 Å². The fourth-order valence-electron chi connectivity index (χ4n) is 7.53. The molecule has 0 aliphatic carbocycles. The molecule has 0 amide bonds. The molecular formula is C33H31ClF5N7OS. The van der Waals surface area contributed by atoms with E-state index in [1.165, 1.54) is 12.1 Å². The van der Waals surface area contributed by atoms with Crippen molar-refractivity contribution in [1.29, 1.82) is 5.26 Å². The lowest BCUT2D eigenvalue weighted by Gasteiger charge is -2.38. The highest BCUT2D eigenvalue weighted by molar-refractivity contribution is 7.23. The maximum atomic E-state index is 17.0. The number of benzene rings is 2. The summed E-state index contributed by atoms with van der Waals surface area (Å²) in [6, 6.07) is 4.89. The standard InChI is InChI=1S/C33H31ClF5N7OS/c1-2-17-13-45(14-18(42-17)8-24(37)38)31-20-9-22(34)26(19-4-5-23(36)29-25(19)21(11-40)30(41)48-29)27(39)28(20)43-32(44-31)47-15-33-6-3-7-46(33)12-16(35)10-33/h4-5,8-9,16-18,42H,2-3,6-7,10,12-15,41H2,1H3/t16-,17+,18?,33?/m1/s1. The van der Waals surface area contributed by atoms with Crippen molar-refractivity contribution >= 4 is 54.7 Å². The minimum Gasteiger partial charge on any atom is -0.461 e. The highest BCUT2D eigenvalue weighted by Gasteiger charge is 2.49. The molecule has 4 atom stereocenters. The number of nitrogens with one attached hydrogen (secondary N) is 1. The third-order valence-corrected chi connectivity index (χ3v) is 11.0. The number of nitrogens with two attached hydrogens (primary N) is 1. The summed E-state index contributed by atoms with van der Waals surface area (Å²) in [6.45, 7) is 3.50. The number of rotatable bonds is 7. The smallest absolute Gasteiger partial charge is 0.319 e. The van der Waals surface area contributed by atoms with Gasteiger partial charge in [0, 0.05) is 54.5 Å². The summed E-state index contributed by atoms with van der Waals surface area (Å²) >= 11 is 7.68. The van der Waals surface area contributed by atoms with Gasteiger partial charge in [-0.05, 0) is 49.6 Å². The lowest BCUT2D eigenvalue weighted by Crippen LogP contribution is -2.56. The number of piperazine rings is 1. The lowest BCUT2D eigenvalue weighted by atomic mass is 9.95. The van der Waals surface area contributed by atoms with E-state index >= 15 is 4.39 Å². The third-order valence-electron chi connectivity index (χ3n) is 9.70. The predicted octanol–water partition coefficient (Wildman–Crippen LogP) is 7.19. The number of halogens is 6. The molecule has 2 aromatic heterocycles. The van der Waals surface area contributed by atoms with Gasteiger partial charge in [-0.3, -0.25) is 4.90 Å². The minimum atomic E-state index is -1.83. The van der Waals surface area contributed by atoms with Crippen molar-refractivity contribution in [1.82, 2.24) is 20.2 Å². The molecule has 3 aliphatic heterocycles. The molecule has 0 bridgehead atoms. The first kappa shape index (κ1) is 32.8. The van der Waals surface area contributed by atoms with Crippen LogP contribution in [0.4, 0.5) is 32.8 Å². The number of nitrogens with zero attached hydrogens (tertiary/aromatic N) is 5. The molecule has 2 aromatic carbocycles. The fourth-order valence-corrected chi connectivity index (χ4v) is 8.77. The van der Waals surface area contributed by atoms with Crippen molar-refractivity contribution in [3.63, 3.8) is 0 Å². The summed E-state index contributed by atoms with van der Waals surface area (Å²) in [6.07, 6.45) is 0.543. The Morgan fingerprint density at radius 2 is 2.08 bits per heavy atom. The zero-order valence-corrected chi connectivity index (χ0v) is 27.4. The quantitative estimate of drug-likeness (QED) is 0.195. The number of hydrogen-bond donors (Lipinski definition) is 2. The highest BCUT2D eigenvalue weighted by Crippen LogP contribution is 2.46. The summed E-state index contributed by atoms with van der Waals surface area (Å²) < 4.78 is 79.4. The molecule has 3 saturated heterocycles. The van der Waals surface area contributed by atoms with Gasteiger partial charge < -0.3 is 20.7 Å². The molecule has 2 unspecified atom stereocenters. The monoisotopic (exact) mass is 703 g/mol. The van der Waals surface area contributed by atoms with E-state index in [0.29, 0.717) is 25.9 Å². The molecule has 3 aliphatic rings. The third kappa shape index (κ3) is 5.60. The van der Waals surface area contributed by atoms with Gasteiger partial charge >= 0.3 is 6.01 Å². The van der Waals surface area contributed by atoms with E-state index < -0.39 is 35.5 Å². The Morgan fingerprint density at radius 1 is 1.27 bits per heavy atom. The average molecular weight is 704 g/mol. The number of ether oxygens (including phenoxy) is 1. The van der Waals surface area contributed by atoms with Gasteiger partial charge in [0.05, 0.1) is 20.8 Å². The van der Waals surface area contributed by atoms with E-state index in [1.807, 2.05) is 13.0 Å². The van der Waals surface area contributed by atoms with Crippen LogP contribution in [0.1, 0.15) is 38.2 Å². The molecule has 0 radical (unpaired) electrons. The van der Waals surface area contributed by atoms with Crippen LogP contribution >= 0.6 is 22.9 Å². The second-order valence-electron chi connectivity index (χ2n) is 12.6. The topological polar surface area (TPSA) is 103 Å². The van der Waals surface area contributed by atoms with Crippen molar-refractivity contribution < 1.29 is 26.7 Å². The van der Waals surface area contributed by atoms with Gasteiger partial charge in [0.1, 0.15) is 41.0 Å². The molecule has 3 fully saturated rings. The van der Waals surface area contributed by atoms with Gasteiger partial charge in [-0.1, -0.05) is 24.6 Å². The highest BCUT2D eigenvalue weighted by atomic mass is 35.5. The first-order valence-electron chi connectivity index (χ1n) is 15.7. The summed E-state index contributed by atoms with van der Waals surface area (Å²) in [5, 5.41) is 13.4. The Kier molecular flexibility index (Phi) is 8.60. The molecule has 0 spiro atoms. The van der Waals surface area contributed by atoms with Crippen LogP contribution in [0.15, 0.2) is 30.4 Å². The molecule has 5 heterocycles. The van der Waals surface area contributed by atoms with Crippen LogP contribution in [0.3, 0.4) is 0 Å². The van der Waals surface area contributed by atoms with Crippen molar-refractivity contribution in [3.8, 4) is 23.2 Å². The van der Waals surface area contributed by atoms with Crippen LogP contribution in [0.2, 0.25) is 5.02 Å². The van der Waals surface area contributed by atoms with Gasteiger partial charge in [-0.25, -0.2) is 13.2 Å². The van der Waals surface area contributed by atoms with Crippen molar-refractivity contribution in [3.05, 3.63) is 52.6 Å². The number of thiophene rings is 1. The van der Waals surface area contributed by atoms with Crippen LogP contribution in [0, 0.1) is 23.0 Å². The first-order valence-corrected chi connectivity index (χ1v) is 16.9. The van der Waals surface area contributed by atoms with E-state index in [0.717, 1.165) is 42.9 Å². The second-order valence-corrected chi connectivity index (χ2v) is 14.1. The number of fused-ring (bicyclic) bond motifs is 3. The zero-order chi connectivity index (χ0) is 33.9. The lowest BCUT2D eigenvalue weighted by molar-refractivity contribution is 0.107. The average Bonchev–Trinajstić information content (AvgIpc) is 3.69. The van der Waals surface area contributed by atoms with E-state index in [4.69, 9.17) is 22.1 Å². The van der Waals surface area contributed by atoms with Crippen LogP contribution in [0.5, 0.6) is 6.01 Å². The first-order chi connectivity index (χ1) is 23.0. The summed E-state index contributed by atoms with van der Waals surface area (Å²) in [5.41, 5.74) is 5.37. The maximum Gasteiger partial charge on any atom is 0.319 e. The molecule has 15 heteroatoms. The molecule has 4 aromatic rings. The van der Waals surface area contributed by atoms with Crippen LogP contribution in [0.25, 0.3) is 32.1 Å². The molecule has 48 heavy (non-hydrogen) atoms. The largest absolute Gasteiger partial charge is 0.461 e. The van der Waals surface area contributed by atoms with E-state index in [1.54, 1.807) is 4.90 Å². The van der Waals surface area contributed by atoms with Crippen molar-refractivity contribution in [2.75, 3.05) is 43.4 Å². The fraction of sp³-hybridized carbons (Fsp3) is 0.424. The Bertz CT molecular complexity index is 2000.